The van der Waals surface area contributed by atoms with Crippen LogP contribution in [-0.2, 0) is 0 Å². The Morgan fingerprint density at radius 3 is 2.55 bits per heavy atom. The van der Waals surface area contributed by atoms with Gasteiger partial charge in [0.15, 0.2) is 0 Å². The second-order valence-corrected chi connectivity index (χ2v) is 8.85. The Labute approximate surface area is 188 Å². The van der Waals surface area contributed by atoms with Gasteiger partial charge in [0.05, 0.1) is 16.6 Å². The van der Waals surface area contributed by atoms with Crippen molar-refractivity contribution in [2.75, 3.05) is 24.5 Å². The van der Waals surface area contributed by atoms with Gasteiger partial charge in [-0.3, -0.25) is 9.36 Å². The Morgan fingerprint density at radius 2 is 1.91 bits per heavy atom. The molecule has 1 aliphatic heterocycles. The molecule has 1 atom stereocenters. The van der Waals surface area contributed by atoms with Crippen molar-refractivity contribution in [3.05, 3.63) is 69.1 Å². The van der Waals surface area contributed by atoms with Gasteiger partial charge in [-0.2, -0.15) is 0 Å². The summed E-state index contributed by atoms with van der Waals surface area (Å²) < 4.78 is 44.4. The van der Waals surface area contributed by atoms with Crippen LogP contribution in [0.2, 0.25) is 0 Å². The molecular weight excluding hydrogens is 435 g/mol. The summed E-state index contributed by atoms with van der Waals surface area (Å²) in [6.45, 7) is 4.61. The van der Waals surface area contributed by atoms with Gasteiger partial charge in [-0.25, -0.2) is 18.0 Å². The third kappa shape index (κ3) is 3.76. The smallest absolute Gasteiger partial charge is 0.343 e. The summed E-state index contributed by atoms with van der Waals surface area (Å²) in [6.07, 6.45) is 1.36. The Balaban J connectivity index is 2.15. The van der Waals surface area contributed by atoms with E-state index in [9.17, 15) is 23.5 Å². The van der Waals surface area contributed by atoms with E-state index in [1.807, 2.05) is 6.92 Å². The number of fused-ring (bicyclic) bond motifs is 1. The standard InChI is InChI=1S/C24H24F3N3O3/c1-13-15(26)4-6-18-19(13)21(31)20(23(32)33)22(29-10-8-24(2,12-29)7-9-28)30(18)17-5-3-14(25)11-16(17)27/h3-6,11H,7-10,12,28H2,1-2H3,(H,32,33). The number of carboxylic acids is 1. The first-order valence-electron chi connectivity index (χ1n) is 10.6. The summed E-state index contributed by atoms with van der Waals surface area (Å²) in [5.41, 5.74) is 4.03. The molecule has 0 saturated carbocycles. The lowest BCUT2D eigenvalue weighted by Gasteiger charge is -2.29. The van der Waals surface area contributed by atoms with Crippen LogP contribution in [0.1, 0.15) is 35.7 Å². The molecule has 1 fully saturated rings. The monoisotopic (exact) mass is 459 g/mol. The maximum atomic E-state index is 15.0. The van der Waals surface area contributed by atoms with Gasteiger partial charge in [-0.05, 0) is 61.6 Å². The predicted octanol–water partition coefficient (Wildman–Crippen LogP) is 3.98. The number of aromatic carboxylic acids is 1. The molecule has 0 bridgehead atoms. The van der Waals surface area contributed by atoms with Crippen molar-refractivity contribution in [3.63, 3.8) is 0 Å². The number of nitrogens with two attached hydrogens (primary N) is 1. The number of carbonyl (C=O) groups is 1. The molecule has 1 saturated heterocycles. The molecule has 1 aromatic heterocycles. The van der Waals surface area contributed by atoms with E-state index < -0.39 is 34.4 Å². The van der Waals surface area contributed by atoms with Crippen molar-refractivity contribution >= 4 is 22.7 Å². The van der Waals surface area contributed by atoms with Crippen LogP contribution < -0.4 is 16.1 Å². The topological polar surface area (TPSA) is 88.6 Å². The van der Waals surface area contributed by atoms with Gasteiger partial charge < -0.3 is 15.7 Å². The Morgan fingerprint density at radius 1 is 1.18 bits per heavy atom. The number of carboxylic acid groups (broad SMARTS) is 1. The largest absolute Gasteiger partial charge is 0.477 e. The van der Waals surface area contributed by atoms with Gasteiger partial charge in [-0.1, -0.05) is 6.92 Å². The van der Waals surface area contributed by atoms with Gasteiger partial charge in [0.2, 0.25) is 5.43 Å². The molecule has 33 heavy (non-hydrogen) atoms. The molecule has 4 rings (SSSR count). The summed E-state index contributed by atoms with van der Waals surface area (Å²) in [5.74, 6) is -3.96. The van der Waals surface area contributed by atoms with E-state index >= 15 is 4.39 Å². The van der Waals surface area contributed by atoms with Crippen LogP contribution in [-0.4, -0.2) is 35.3 Å². The molecule has 1 aliphatic rings. The van der Waals surface area contributed by atoms with Gasteiger partial charge in [-0.15, -0.1) is 0 Å². The minimum absolute atomic E-state index is 0.0164. The third-order valence-corrected chi connectivity index (χ3v) is 6.48. The lowest BCUT2D eigenvalue weighted by atomic mass is 9.86. The van der Waals surface area contributed by atoms with E-state index in [2.05, 4.69) is 0 Å². The zero-order valence-electron chi connectivity index (χ0n) is 18.3. The summed E-state index contributed by atoms with van der Waals surface area (Å²) in [7, 11) is 0. The molecule has 1 unspecified atom stereocenters. The highest BCUT2D eigenvalue weighted by molar-refractivity contribution is 6.00. The molecule has 2 aromatic carbocycles. The molecule has 174 valence electrons. The average molecular weight is 459 g/mol. The second-order valence-electron chi connectivity index (χ2n) is 8.85. The fourth-order valence-electron chi connectivity index (χ4n) is 4.75. The Hall–Kier alpha value is -3.33. The van der Waals surface area contributed by atoms with Crippen LogP contribution in [0.15, 0.2) is 35.1 Å². The lowest BCUT2D eigenvalue weighted by molar-refractivity contribution is 0.0695. The zero-order chi connectivity index (χ0) is 24.1. The van der Waals surface area contributed by atoms with Crippen molar-refractivity contribution < 1.29 is 23.1 Å². The summed E-state index contributed by atoms with van der Waals surface area (Å²) in [5, 5.41) is 9.87. The fourth-order valence-corrected chi connectivity index (χ4v) is 4.75. The minimum Gasteiger partial charge on any atom is -0.477 e. The van der Waals surface area contributed by atoms with Gasteiger partial charge in [0.25, 0.3) is 0 Å². The highest BCUT2D eigenvalue weighted by Gasteiger charge is 2.38. The van der Waals surface area contributed by atoms with Crippen molar-refractivity contribution in [1.29, 1.82) is 0 Å². The number of aryl methyl sites for hydroxylation is 1. The van der Waals surface area contributed by atoms with Crippen LogP contribution in [0.4, 0.5) is 19.0 Å². The van der Waals surface area contributed by atoms with Crippen molar-refractivity contribution in [2.45, 2.75) is 26.7 Å². The van der Waals surface area contributed by atoms with E-state index in [4.69, 9.17) is 5.73 Å². The van der Waals surface area contributed by atoms with Gasteiger partial charge in [0, 0.05) is 19.2 Å². The molecule has 6 nitrogen and oxygen atoms in total. The maximum absolute atomic E-state index is 15.0. The predicted molar refractivity (Wildman–Crippen MR) is 120 cm³/mol. The first-order chi connectivity index (χ1) is 15.6. The lowest BCUT2D eigenvalue weighted by Crippen LogP contribution is -2.33. The van der Waals surface area contributed by atoms with E-state index in [1.165, 1.54) is 23.6 Å². The number of nitrogens with zero attached hydrogens (tertiary/aromatic N) is 2. The SMILES string of the molecule is Cc1c(F)ccc2c1c(=O)c(C(=O)O)c(N1CCC(C)(CCN)C1)n2-c1ccc(F)cc1F. The number of hydrogen-bond acceptors (Lipinski definition) is 4. The summed E-state index contributed by atoms with van der Waals surface area (Å²) in [4.78, 5) is 27.4. The number of rotatable bonds is 5. The molecule has 0 amide bonds. The fraction of sp³-hybridized carbons (Fsp3) is 0.333. The molecule has 0 radical (unpaired) electrons. The first kappa shape index (κ1) is 22.8. The van der Waals surface area contributed by atoms with Crippen LogP contribution in [0.5, 0.6) is 0 Å². The Kier molecular flexibility index (Phi) is 5.69. The third-order valence-electron chi connectivity index (χ3n) is 6.48. The molecule has 0 aliphatic carbocycles. The number of halogens is 3. The number of aromatic nitrogens is 1. The molecule has 3 aromatic rings. The maximum Gasteiger partial charge on any atom is 0.343 e. The van der Waals surface area contributed by atoms with E-state index in [-0.39, 0.29) is 33.4 Å². The average Bonchev–Trinajstić information content (AvgIpc) is 3.12. The summed E-state index contributed by atoms with van der Waals surface area (Å²) in [6, 6.07) is 5.36. The van der Waals surface area contributed by atoms with Gasteiger partial charge in [0.1, 0.15) is 28.8 Å². The number of anilines is 1. The van der Waals surface area contributed by atoms with E-state index in [0.29, 0.717) is 38.5 Å². The number of benzene rings is 2. The van der Waals surface area contributed by atoms with E-state index in [1.54, 1.807) is 4.90 Å². The first-order valence-corrected chi connectivity index (χ1v) is 10.6. The molecular formula is C24H24F3N3O3. The number of pyridine rings is 1. The molecule has 2 heterocycles. The zero-order valence-corrected chi connectivity index (χ0v) is 18.3. The van der Waals surface area contributed by atoms with Crippen molar-refractivity contribution in [3.8, 4) is 5.69 Å². The normalized spacial score (nSPS) is 18.3. The second kappa shape index (κ2) is 8.22. The van der Waals surface area contributed by atoms with Crippen molar-refractivity contribution in [1.82, 2.24) is 4.57 Å². The Bertz CT molecular complexity index is 1340. The number of hydrogen-bond donors (Lipinski definition) is 2. The van der Waals surface area contributed by atoms with Crippen LogP contribution in [0.3, 0.4) is 0 Å². The molecule has 3 N–H and O–H groups in total. The van der Waals surface area contributed by atoms with Crippen LogP contribution in [0.25, 0.3) is 16.6 Å². The quantitative estimate of drug-likeness (QED) is 0.603. The van der Waals surface area contributed by atoms with Crippen LogP contribution >= 0.6 is 0 Å². The minimum atomic E-state index is -1.51. The van der Waals surface area contributed by atoms with Crippen LogP contribution in [0, 0.1) is 29.8 Å². The highest BCUT2D eigenvalue weighted by Crippen LogP contribution is 2.39. The van der Waals surface area contributed by atoms with Gasteiger partial charge >= 0.3 is 5.97 Å². The molecule has 0 spiro atoms. The van der Waals surface area contributed by atoms with Crippen molar-refractivity contribution in [2.24, 2.45) is 11.1 Å². The van der Waals surface area contributed by atoms with E-state index in [0.717, 1.165) is 12.1 Å². The summed E-state index contributed by atoms with van der Waals surface area (Å²) >= 11 is 0. The molecule has 9 heteroatoms. The highest BCUT2D eigenvalue weighted by atomic mass is 19.1.